The second-order valence-electron chi connectivity index (χ2n) is 3.97. The summed E-state index contributed by atoms with van der Waals surface area (Å²) >= 11 is 0. The molecular formula is C11H20N2O. The summed E-state index contributed by atoms with van der Waals surface area (Å²) in [6.07, 6.45) is 5.26. The molecule has 14 heavy (non-hydrogen) atoms. The monoisotopic (exact) mass is 196 g/mol. The predicted octanol–water partition coefficient (Wildman–Crippen LogP) is 0.320. The maximum absolute atomic E-state index is 5.77. The zero-order valence-corrected chi connectivity index (χ0v) is 9.18. The molecule has 0 bridgehead atoms. The van der Waals surface area contributed by atoms with Crippen molar-refractivity contribution in [1.29, 1.82) is 0 Å². The summed E-state index contributed by atoms with van der Waals surface area (Å²) in [5.41, 5.74) is 0.0650. The summed E-state index contributed by atoms with van der Waals surface area (Å²) in [5.74, 6) is 2.65. The minimum absolute atomic E-state index is 0.0650. The van der Waals surface area contributed by atoms with Gasteiger partial charge in [-0.2, -0.15) is 0 Å². The lowest BCUT2D eigenvalue weighted by atomic mass is 10.0. The van der Waals surface area contributed by atoms with Gasteiger partial charge in [0.15, 0.2) is 0 Å². The summed E-state index contributed by atoms with van der Waals surface area (Å²) in [4.78, 5) is 2.20. The predicted molar refractivity (Wildman–Crippen MR) is 58.2 cm³/mol. The Hall–Kier alpha value is -0.560. The lowest BCUT2D eigenvalue weighted by molar-refractivity contribution is -0.0712. The lowest BCUT2D eigenvalue weighted by Gasteiger charge is -2.39. The van der Waals surface area contributed by atoms with Gasteiger partial charge in [-0.15, -0.1) is 6.42 Å². The number of ether oxygens (including phenoxy) is 1. The average molecular weight is 196 g/mol. The molecular weight excluding hydrogens is 176 g/mol. The molecule has 80 valence electrons. The van der Waals surface area contributed by atoms with Gasteiger partial charge in [-0.3, -0.25) is 4.90 Å². The van der Waals surface area contributed by atoms with Gasteiger partial charge in [-0.05, 0) is 13.5 Å². The van der Waals surface area contributed by atoms with Crippen molar-refractivity contribution in [3.63, 3.8) is 0 Å². The first-order chi connectivity index (χ1) is 6.70. The van der Waals surface area contributed by atoms with E-state index in [2.05, 4.69) is 30.0 Å². The van der Waals surface area contributed by atoms with Gasteiger partial charge in [0.05, 0.1) is 18.8 Å². The van der Waals surface area contributed by atoms with Crippen LogP contribution in [0.25, 0.3) is 0 Å². The number of hydrogen-bond donors (Lipinski definition) is 1. The molecule has 3 nitrogen and oxygen atoms in total. The van der Waals surface area contributed by atoms with Crippen LogP contribution >= 0.6 is 0 Å². The van der Waals surface area contributed by atoms with Crippen LogP contribution in [0.3, 0.4) is 0 Å². The number of rotatable bonds is 6. The molecule has 1 saturated heterocycles. The van der Waals surface area contributed by atoms with Crippen LogP contribution in [0.5, 0.6) is 0 Å². The molecule has 0 unspecified atom stereocenters. The molecule has 0 radical (unpaired) electrons. The first-order valence-corrected chi connectivity index (χ1v) is 5.21. The molecule has 0 atom stereocenters. The molecule has 3 heteroatoms. The average Bonchev–Trinajstić information content (AvgIpc) is 2.14. The molecule has 1 fully saturated rings. The van der Waals surface area contributed by atoms with Gasteiger partial charge in [0, 0.05) is 19.6 Å². The molecule has 0 spiro atoms. The fraction of sp³-hybridized carbons (Fsp3) is 0.818. The van der Waals surface area contributed by atoms with E-state index in [4.69, 9.17) is 11.2 Å². The zero-order valence-electron chi connectivity index (χ0n) is 9.18. The molecule has 1 N–H and O–H groups in total. The topological polar surface area (TPSA) is 24.5 Å². The molecule has 0 aromatic rings. The Balaban J connectivity index is 2.10. The van der Waals surface area contributed by atoms with Crippen molar-refractivity contribution in [2.24, 2.45) is 0 Å². The first kappa shape index (κ1) is 11.5. The Kier molecular flexibility index (Phi) is 4.40. The van der Waals surface area contributed by atoms with Crippen LogP contribution in [0.2, 0.25) is 0 Å². The third-order valence-corrected chi connectivity index (χ3v) is 2.62. The summed E-state index contributed by atoms with van der Waals surface area (Å²) in [6, 6.07) is 0. The maximum atomic E-state index is 5.77. The molecule has 0 aromatic heterocycles. The van der Waals surface area contributed by atoms with E-state index in [1.54, 1.807) is 0 Å². The standard InChI is InChI=1S/C11H20N2O/c1-4-6-13(5-2)7-8-14-11(3)9-12-10-11/h1,12H,5-10H2,2-3H3. The van der Waals surface area contributed by atoms with E-state index in [1.165, 1.54) is 0 Å². The van der Waals surface area contributed by atoms with Crippen molar-refractivity contribution in [2.45, 2.75) is 19.4 Å². The highest BCUT2D eigenvalue weighted by atomic mass is 16.5. The fourth-order valence-corrected chi connectivity index (χ4v) is 1.48. The van der Waals surface area contributed by atoms with Crippen LogP contribution in [0.1, 0.15) is 13.8 Å². The van der Waals surface area contributed by atoms with Gasteiger partial charge in [0.2, 0.25) is 0 Å². The highest BCUT2D eigenvalue weighted by Crippen LogP contribution is 2.14. The van der Waals surface area contributed by atoms with E-state index in [0.29, 0.717) is 0 Å². The molecule has 1 heterocycles. The van der Waals surface area contributed by atoms with E-state index in [1.807, 2.05) is 0 Å². The van der Waals surface area contributed by atoms with E-state index >= 15 is 0 Å². The van der Waals surface area contributed by atoms with Crippen LogP contribution in [0, 0.1) is 12.3 Å². The van der Waals surface area contributed by atoms with Crippen molar-refractivity contribution >= 4 is 0 Å². The van der Waals surface area contributed by atoms with Crippen molar-refractivity contribution in [2.75, 3.05) is 39.3 Å². The number of nitrogens with zero attached hydrogens (tertiary/aromatic N) is 1. The molecule has 1 aliphatic heterocycles. The number of hydrogen-bond acceptors (Lipinski definition) is 3. The zero-order chi connectivity index (χ0) is 10.4. The van der Waals surface area contributed by atoms with E-state index < -0.39 is 0 Å². The molecule has 0 saturated carbocycles. The second-order valence-corrected chi connectivity index (χ2v) is 3.97. The summed E-state index contributed by atoms with van der Waals surface area (Å²) < 4.78 is 5.77. The minimum Gasteiger partial charge on any atom is -0.371 e. The lowest BCUT2D eigenvalue weighted by Crippen LogP contribution is -2.59. The van der Waals surface area contributed by atoms with Gasteiger partial charge >= 0.3 is 0 Å². The Morgan fingerprint density at radius 2 is 2.29 bits per heavy atom. The Morgan fingerprint density at radius 1 is 1.57 bits per heavy atom. The van der Waals surface area contributed by atoms with Gasteiger partial charge in [-0.25, -0.2) is 0 Å². The van der Waals surface area contributed by atoms with Crippen LogP contribution in [-0.4, -0.2) is 49.8 Å². The maximum Gasteiger partial charge on any atom is 0.0902 e. The highest BCUT2D eigenvalue weighted by molar-refractivity contribution is 4.90. The highest BCUT2D eigenvalue weighted by Gasteiger charge is 2.32. The smallest absolute Gasteiger partial charge is 0.0902 e. The minimum atomic E-state index is 0.0650. The summed E-state index contributed by atoms with van der Waals surface area (Å²) in [5, 5.41) is 3.21. The van der Waals surface area contributed by atoms with E-state index in [-0.39, 0.29) is 5.60 Å². The van der Waals surface area contributed by atoms with Crippen molar-refractivity contribution < 1.29 is 4.74 Å². The number of nitrogens with one attached hydrogen (secondary N) is 1. The largest absolute Gasteiger partial charge is 0.371 e. The van der Waals surface area contributed by atoms with Gasteiger partial charge in [0.25, 0.3) is 0 Å². The first-order valence-electron chi connectivity index (χ1n) is 5.21. The molecule has 0 aliphatic carbocycles. The summed E-state index contributed by atoms with van der Waals surface area (Å²) in [6.45, 7) is 9.59. The van der Waals surface area contributed by atoms with Crippen LogP contribution in [-0.2, 0) is 4.74 Å². The van der Waals surface area contributed by atoms with Crippen molar-refractivity contribution in [1.82, 2.24) is 10.2 Å². The normalized spacial score (nSPS) is 19.0. The third-order valence-electron chi connectivity index (χ3n) is 2.62. The van der Waals surface area contributed by atoms with Crippen molar-refractivity contribution in [3.8, 4) is 12.3 Å². The Bertz CT molecular complexity index is 206. The van der Waals surface area contributed by atoms with Crippen molar-refractivity contribution in [3.05, 3.63) is 0 Å². The van der Waals surface area contributed by atoms with Crippen LogP contribution < -0.4 is 5.32 Å². The number of likely N-dealkylation sites (N-methyl/N-ethyl adjacent to an activating group) is 1. The molecule has 0 aromatic carbocycles. The van der Waals surface area contributed by atoms with E-state index in [9.17, 15) is 0 Å². The van der Waals surface area contributed by atoms with Crippen LogP contribution in [0.4, 0.5) is 0 Å². The quantitative estimate of drug-likeness (QED) is 0.619. The summed E-state index contributed by atoms with van der Waals surface area (Å²) in [7, 11) is 0. The fourth-order valence-electron chi connectivity index (χ4n) is 1.48. The number of terminal acetylenes is 1. The third kappa shape index (κ3) is 3.30. The van der Waals surface area contributed by atoms with E-state index in [0.717, 1.165) is 39.3 Å². The van der Waals surface area contributed by atoms with Gasteiger partial charge in [-0.1, -0.05) is 12.8 Å². The SMILES string of the molecule is C#CCN(CC)CCOC1(C)CNC1. The Morgan fingerprint density at radius 3 is 2.71 bits per heavy atom. The molecule has 0 amide bonds. The molecule has 1 rings (SSSR count). The van der Waals surface area contributed by atoms with Gasteiger partial charge in [0.1, 0.15) is 0 Å². The van der Waals surface area contributed by atoms with Crippen LogP contribution in [0.15, 0.2) is 0 Å². The second kappa shape index (κ2) is 5.35. The Labute approximate surface area is 86.8 Å². The molecule has 1 aliphatic rings. The van der Waals surface area contributed by atoms with Gasteiger partial charge < -0.3 is 10.1 Å².